The van der Waals surface area contributed by atoms with Crippen LogP contribution in [0.3, 0.4) is 0 Å². The number of nitrogens with two attached hydrogens (primary N) is 1. The molecular weight excluding hydrogens is 318 g/mol. The van der Waals surface area contributed by atoms with E-state index in [1.54, 1.807) is 0 Å². The first-order valence-corrected chi connectivity index (χ1v) is 7.98. The topological polar surface area (TPSA) is 70.8 Å². The lowest BCUT2D eigenvalue weighted by molar-refractivity contribution is -0.147. The largest absolute Gasteiger partial charge is 0.489 e. The highest BCUT2D eigenvalue weighted by Gasteiger charge is 2.27. The minimum atomic E-state index is -0.916. The molecule has 2 aromatic carbocycles. The van der Waals surface area contributed by atoms with E-state index in [1.807, 2.05) is 54.6 Å². The van der Waals surface area contributed by atoms with Gasteiger partial charge in [-0.15, -0.1) is 0 Å². The predicted molar refractivity (Wildman–Crippen MR) is 96.1 cm³/mol. The van der Waals surface area contributed by atoms with E-state index in [9.17, 15) is 4.79 Å². The van der Waals surface area contributed by atoms with Gasteiger partial charge in [0.2, 0.25) is 0 Å². The quantitative estimate of drug-likeness (QED) is 0.561. The molecule has 0 unspecified atom stereocenters. The van der Waals surface area contributed by atoms with Crippen molar-refractivity contribution in [3.05, 3.63) is 78.4 Å². The van der Waals surface area contributed by atoms with Crippen LogP contribution in [0.4, 0.5) is 0 Å². The van der Waals surface area contributed by atoms with Gasteiger partial charge < -0.3 is 19.9 Å². The maximum absolute atomic E-state index is 11.9. The van der Waals surface area contributed by atoms with E-state index in [2.05, 4.69) is 6.58 Å². The Bertz CT molecular complexity index is 670. The molecule has 0 aliphatic rings. The molecule has 0 saturated carbocycles. The van der Waals surface area contributed by atoms with Gasteiger partial charge in [0.05, 0.1) is 0 Å². The number of benzene rings is 2. The fraction of sp³-hybridized carbons (Fsp3) is 0.250. The molecule has 0 aliphatic heterocycles. The third-order valence-corrected chi connectivity index (χ3v) is 3.65. The van der Waals surface area contributed by atoms with E-state index in [4.69, 9.17) is 19.9 Å². The number of carbonyl (C=O) groups excluding carboxylic acids is 1. The lowest BCUT2D eigenvalue weighted by atomic mass is 10.0. The van der Waals surface area contributed by atoms with Crippen molar-refractivity contribution >= 4 is 5.97 Å². The smallest absolute Gasteiger partial charge is 0.326 e. The van der Waals surface area contributed by atoms with Crippen molar-refractivity contribution in [2.24, 2.45) is 5.73 Å². The number of methoxy groups -OCH3 is 1. The summed E-state index contributed by atoms with van der Waals surface area (Å²) in [6.07, 6.45) is 0.895. The van der Waals surface area contributed by atoms with Crippen LogP contribution in [0.25, 0.3) is 0 Å². The van der Waals surface area contributed by atoms with Gasteiger partial charge in [0.25, 0.3) is 0 Å². The van der Waals surface area contributed by atoms with Crippen molar-refractivity contribution in [3.8, 4) is 5.75 Å². The zero-order valence-electron chi connectivity index (χ0n) is 14.3. The highest BCUT2D eigenvalue weighted by atomic mass is 16.5. The van der Waals surface area contributed by atoms with Crippen LogP contribution in [0.2, 0.25) is 0 Å². The molecule has 5 heteroatoms. The zero-order valence-corrected chi connectivity index (χ0v) is 14.3. The molecule has 132 valence electrons. The highest BCUT2D eigenvalue weighted by Crippen LogP contribution is 2.23. The predicted octanol–water partition coefficient (Wildman–Crippen LogP) is 3.01. The monoisotopic (exact) mass is 341 g/mol. The van der Waals surface area contributed by atoms with E-state index < -0.39 is 18.1 Å². The molecule has 0 amide bonds. The molecule has 0 fully saturated rings. The first-order valence-electron chi connectivity index (χ1n) is 7.98. The Morgan fingerprint density at radius 1 is 1.16 bits per heavy atom. The van der Waals surface area contributed by atoms with Crippen molar-refractivity contribution in [1.82, 2.24) is 0 Å². The Morgan fingerprint density at radius 3 is 2.44 bits per heavy atom. The maximum atomic E-state index is 11.9. The van der Waals surface area contributed by atoms with Crippen LogP contribution >= 0.6 is 0 Å². The van der Waals surface area contributed by atoms with Gasteiger partial charge in [-0.3, -0.25) is 4.79 Å². The summed E-state index contributed by atoms with van der Waals surface area (Å²) >= 11 is 0. The minimum absolute atomic E-state index is 0.120. The number of ether oxygens (including phenoxy) is 3. The van der Waals surface area contributed by atoms with Gasteiger partial charge in [-0.05, 0) is 23.3 Å². The van der Waals surface area contributed by atoms with Gasteiger partial charge in [0, 0.05) is 7.11 Å². The lowest BCUT2D eigenvalue weighted by Crippen LogP contribution is -2.39. The van der Waals surface area contributed by atoms with Crippen LogP contribution in [0, 0.1) is 0 Å². The molecule has 25 heavy (non-hydrogen) atoms. The van der Waals surface area contributed by atoms with Gasteiger partial charge in [-0.2, -0.15) is 0 Å². The molecule has 0 aromatic heterocycles. The molecule has 2 atom stereocenters. The summed E-state index contributed by atoms with van der Waals surface area (Å²) in [5.74, 6) is 0.196. The van der Waals surface area contributed by atoms with Crippen LogP contribution in [0.15, 0.2) is 67.3 Å². The standard InChI is InChI=1S/C20H23NO4/c1-3-13-24-20(22)18(21)19(23-2)16-9-11-17(12-10-16)25-14-15-7-5-4-6-8-15/h3-12,18-19H,1,13-14,21H2,2H3/t18-,19+/m0/s1. The van der Waals surface area contributed by atoms with Gasteiger partial charge in [-0.25, -0.2) is 0 Å². The summed E-state index contributed by atoms with van der Waals surface area (Å²) < 4.78 is 16.1. The molecule has 2 aromatic rings. The molecule has 0 aliphatic carbocycles. The fourth-order valence-corrected chi connectivity index (χ4v) is 2.35. The number of esters is 1. The number of rotatable bonds is 9. The van der Waals surface area contributed by atoms with Crippen molar-refractivity contribution in [3.63, 3.8) is 0 Å². The van der Waals surface area contributed by atoms with Crippen molar-refractivity contribution in [2.75, 3.05) is 13.7 Å². The molecule has 0 spiro atoms. The second kappa shape index (κ2) is 9.61. The average molecular weight is 341 g/mol. The summed E-state index contributed by atoms with van der Waals surface area (Å²) in [6.45, 7) is 4.11. The van der Waals surface area contributed by atoms with E-state index in [0.717, 1.165) is 16.9 Å². The SMILES string of the molecule is C=CCOC(=O)[C@@H](N)[C@H](OC)c1ccc(OCc2ccccc2)cc1. The van der Waals surface area contributed by atoms with E-state index >= 15 is 0 Å². The summed E-state index contributed by atoms with van der Waals surface area (Å²) in [7, 11) is 1.51. The van der Waals surface area contributed by atoms with Gasteiger partial charge in [-0.1, -0.05) is 55.1 Å². The summed E-state index contributed by atoms with van der Waals surface area (Å²) in [4.78, 5) is 11.9. The molecule has 0 saturated heterocycles. The Labute approximate surface area is 148 Å². The first-order chi connectivity index (χ1) is 12.2. The molecule has 0 heterocycles. The van der Waals surface area contributed by atoms with Crippen LogP contribution < -0.4 is 10.5 Å². The molecule has 0 bridgehead atoms. The van der Waals surface area contributed by atoms with E-state index in [-0.39, 0.29) is 6.61 Å². The molecule has 0 radical (unpaired) electrons. The van der Waals surface area contributed by atoms with Crippen molar-refractivity contribution < 1.29 is 19.0 Å². The van der Waals surface area contributed by atoms with Crippen LogP contribution in [-0.2, 0) is 20.9 Å². The Kier molecular flexibility index (Phi) is 7.19. The maximum Gasteiger partial charge on any atom is 0.326 e. The molecule has 2 rings (SSSR count). The second-order valence-electron chi connectivity index (χ2n) is 5.44. The summed E-state index contributed by atoms with van der Waals surface area (Å²) in [5.41, 5.74) is 7.82. The number of hydrogen-bond acceptors (Lipinski definition) is 5. The Balaban J connectivity index is 1.98. The Morgan fingerprint density at radius 2 is 1.84 bits per heavy atom. The highest BCUT2D eigenvalue weighted by molar-refractivity contribution is 5.76. The second-order valence-corrected chi connectivity index (χ2v) is 5.44. The molecular formula is C20H23NO4. The first kappa shape index (κ1) is 18.7. The van der Waals surface area contributed by atoms with Crippen LogP contribution in [0.5, 0.6) is 5.75 Å². The number of hydrogen-bond donors (Lipinski definition) is 1. The number of carbonyl (C=O) groups is 1. The van der Waals surface area contributed by atoms with Gasteiger partial charge in [0.15, 0.2) is 0 Å². The van der Waals surface area contributed by atoms with E-state index in [0.29, 0.717) is 6.61 Å². The third-order valence-electron chi connectivity index (χ3n) is 3.65. The molecule has 2 N–H and O–H groups in total. The summed E-state index contributed by atoms with van der Waals surface area (Å²) in [5, 5.41) is 0. The van der Waals surface area contributed by atoms with Gasteiger partial charge >= 0.3 is 5.97 Å². The Hall–Kier alpha value is -2.63. The zero-order chi connectivity index (χ0) is 18.1. The lowest BCUT2D eigenvalue weighted by Gasteiger charge is -2.21. The fourth-order valence-electron chi connectivity index (χ4n) is 2.35. The van der Waals surface area contributed by atoms with Crippen LogP contribution in [0.1, 0.15) is 17.2 Å². The summed E-state index contributed by atoms with van der Waals surface area (Å²) in [6, 6.07) is 16.3. The van der Waals surface area contributed by atoms with Crippen LogP contribution in [-0.4, -0.2) is 25.7 Å². The molecule has 5 nitrogen and oxygen atoms in total. The van der Waals surface area contributed by atoms with Crippen molar-refractivity contribution in [1.29, 1.82) is 0 Å². The van der Waals surface area contributed by atoms with Gasteiger partial charge in [0.1, 0.15) is 31.1 Å². The third kappa shape index (κ3) is 5.45. The normalized spacial score (nSPS) is 12.9. The minimum Gasteiger partial charge on any atom is -0.489 e. The van der Waals surface area contributed by atoms with E-state index in [1.165, 1.54) is 13.2 Å². The van der Waals surface area contributed by atoms with Crippen molar-refractivity contribution in [2.45, 2.75) is 18.8 Å². The average Bonchev–Trinajstić information content (AvgIpc) is 2.66.